The number of nitrogens with one attached hydrogen (secondary N) is 1. The SMILES string of the molecule is Clc1cccc(N2CCN(CCNc3ncnc4c3CCCC4)CC2)c1. The number of piperazine rings is 1. The molecule has 0 spiro atoms. The molecule has 1 aromatic carbocycles. The van der Waals surface area contributed by atoms with Gasteiger partial charge in [-0.25, -0.2) is 9.97 Å². The minimum atomic E-state index is 0.808. The highest BCUT2D eigenvalue weighted by Crippen LogP contribution is 2.24. The summed E-state index contributed by atoms with van der Waals surface area (Å²) in [7, 11) is 0. The van der Waals surface area contributed by atoms with E-state index in [1.807, 2.05) is 12.1 Å². The molecule has 6 heteroatoms. The summed E-state index contributed by atoms with van der Waals surface area (Å²) in [4.78, 5) is 13.8. The fourth-order valence-corrected chi connectivity index (χ4v) is 4.09. The third kappa shape index (κ3) is 4.10. The molecule has 0 atom stereocenters. The van der Waals surface area contributed by atoms with Crippen LogP contribution in [0.25, 0.3) is 0 Å². The molecule has 0 unspecified atom stereocenters. The summed E-state index contributed by atoms with van der Waals surface area (Å²) in [5, 5.41) is 4.35. The number of benzene rings is 1. The highest BCUT2D eigenvalue weighted by atomic mass is 35.5. The Kier molecular flexibility index (Phi) is 5.56. The second-order valence-electron chi connectivity index (χ2n) is 7.09. The Morgan fingerprint density at radius 2 is 1.88 bits per heavy atom. The first-order valence-corrected chi connectivity index (χ1v) is 9.97. The molecule has 1 aliphatic carbocycles. The van der Waals surface area contributed by atoms with Crippen LogP contribution in [0, 0.1) is 0 Å². The van der Waals surface area contributed by atoms with Crippen molar-refractivity contribution < 1.29 is 0 Å². The van der Waals surface area contributed by atoms with Gasteiger partial charge >= 0.3 is 0 Å². The molecular formula is C20H26ClN5. The van der Waals surface area contributed by atoms with Gasteiger partial charge in [-0.05, 0) is 43.9 Å². The molecule has 0 amide bonds. The second kappa shape index (κ2) is 8.23. The molecule has 2 aliphatic rings. The number of fused-ring (bicyclic) bond motifs is 1. The summed E-state index contributed by atoms with van der Waals surface area (Å²) in [6.07, 6.45) is 6.41. The first kappa shape index (κ1) is 17.6. The van der Waals surface area contributed by atoms with Gasteiger partial charge in [0.05, 0.1) is 0 Å². The van der Waals surface area contributed by atoms with Gasteiger partial charge in [0.1, 0.15) is 12.1 Å². The van der Waals surface area contributed by atoms with E-state index in [1.54, 1.807) is 6.33 Å². The van der Waals surface area contributed by atoms with E-state index >= 15 is 0 Å². The van der Waals surface area contributed by atoms with Gasteiger partial charge in [-0.3, -0.25) is 4.90 Å². The van der Waals surface area contributed by atoms with Crippen LogP contribution in [0.2, 0.25) is 5.02 Å². The van der Waals surface area contributed by atoms with Crippen LogP contribution in [0.15, 0.2) is 30.6 Å². The molecule has 26 heavy (non-hydrogen) atoms. The summed E-state index contributed by atoms with van der Waals surface area (Å²) < 4.78 is 0. The molecule has 2 aromatic rings. The van der Waals surface area contributed by atoms with E-state index in [9.17, 15) is 0 Å². The molecule has 0 bridgehead atoms. The van der Waals surface area contributed by atoms with Crippen LogP contribution in [-0.2, 0) is 12.8 Å². The van der Waals surface area contributed by atoms with Gasteiger partial charge in [-0.2, -0.15) is 0 Å². The van der Waals surface area contributed by atoms with E-state index in [0.29, 0.717) is 0 Å². The number of halogens is 1. The van der Waals surface area contributed by atoms with E-state index in [1.165, 1.54) is 29.8 Å². The fraction of sp³-hybridized carbons (Fsp3) is 0.500. The molecule has 0 saturated carbocycles. The van der Waals surface area contributed by atoms with Crippen molar-refractivity contribution in [3.63, 3.8) is 0 Å². The molecule has 1 saturated heterocycles. The summed E-state index contributed by atoms with van der Waals surface area (Å²) in [5.74, 6) is 1.05. The van der Waals surface area contributed by atoms with Gasteiger partial charge in [0.25, 0.3) is 0 Å². The Balaban J connectivity index is 1.26. The number of hydrogen-bond acceptors (Lipinski definition) is 5. The lowest BCUT2D eigenvalue weighted by atomic mass is 9.96. The van der Waals surface area contributed by atoms with Crippen LogP contribution in [-0.4, -0.2) is 54.1 Å². The summed E-state index contributed by atoms with van der Waals surface area (Å²) >= 11 is 6.11. The average molecular weight is 372 g/mol. The smallest absolute Gasteiger partial charge is 0.132 e. The Bertz CT molecular complexity index is 743. The van der Waals surface area contributed by atoms with Crippen molar-refractivity contribution >= 4 is 23.1 Å². The topological polar surface area (TPSA) is 44.3 Å². The minimum Gasteiger partial charge on any atom is -0.369 e. The number of hydrogen-bond donors (Lipinski definition) is 1. The summed E-state index contributed by atoms with van der Waals surface area (Å²) in [6, 6.07) is 8.15. The monoisotopic (exact) mass is 371 g/mol. The summed E-state index contributed by atoms with van der Waals surface area (Å²) in [6.45, 7) is 6.22. The van der Waals surface area contributed by atoms with E-state index in [4.69, 9.17) is 11.6 Å². The number of nitrogens with zero attached hydrogens (tertiary/aromatic N) is 4. The highest BCUT2D eigenvalue weighted by molar-refractivity contribution is 6.30. The predicted octanol–water partition coefficient (Wildman–Crippen LogP) is 3.24. The molecule has 1 N–H and O–H groups in total. The van der Waals surface area contributed by atoms with E-state index < -0.39 is 0 Å². The van der Waals surface area contributed by atoms with Crippen molar-refractivity contribution in [3.8, 4) is 0 Å². The molecule has 4 rings (SSSR count). The molecule has 138 valence electrons. The Morgan fingerprint density at radius 3 is 2.73 bits per heavy atom. The minimum absolute atomic E-state index is 0.808. The zero-order valence-electron chi connectivity index (χ0n) is 15.1. The molecule has 0 radical (unpaired) electrons. The Labute approximate surface area is 160 Å². The van der Waals surface area contributed by atoms with Crippen LogP contribution < -0.4 is 10.2 Å². The van der Waals surface area contributed by atoms with Gasteiger partial charge in [0, 0.05) is 61.2 Å². The van der Waals surface area contributed by atoms with Gasteiger partial charge in [-0.15, -0.1) is 0 Å². The van der Waals surface area contributed by atoms with Gasteiger partial charge in [0.15, 0.2) is 0 Å². The van der Waals surface area contributed by atoms with Crippen molar-refractivity contribution in [2.75, 3.05) is 49.5 Å². The third-order valence-corrected chi connectivity index (χ3v) is 5.63. The maximum absolute atomic E-state index is 6.11. The Morgan fingerprint density at radius 1 is 1.04 bits per heavy atom. The lowest BCUT2D eigenvalue weighted by Crippen LogP contribution is -2.47. The van der Waals surface area contributed by atoms with Crippen molar-refractivity contribution in [3.05, 3.63) is 46.9 Å². The lowest BCUT2D eigenvalue weighted by molar-refractivity contribution is 0.267. The van der Waals surface area contributed by atoms with Crippen molar-refractivity contribution in [2.24, 2.45) is 0 Å². The lowest BCUT2D eigenvalue weighted by Gasteiger charge is -2.36. The fourth-order valence-electron chi connectivity index (χ4n) is 3.91. The number of aryl methyl sites for hydroxylation is 1. The average Bonchev–Trinajstić information content (AvgIpc) is 2.69. The zero-order chi connectivity index (χ0) is 17.8. The third-order valence-electron chi connectivity index (χ3n) is 5.39. The first-order chi connectivity index (χ1) is 12.8. The van der Waals surface area contributed by atoms with Crippen LogP contribution in [0.1, 0.15) is 24.1 Å². The summed E-state index contributed by atoms with van der Waals surface area (Å²) in [5.41, 5.74) is 3.80. The van der Waals surface area contributed by atoms with Crippen molar-refractivity contribution in [2.45, 2.75) is 25.7 Å². The van der Waals surface area contributed by atoms with Crippen molar-refractivity contribution in [1.82, 2.24) is 14.9 Å². The van der Waals surface area contributed by atoms with E-state index in [-0.39, 0.29) is 0 Å². The molecule has 1 aromatic heterocycles. The van der Waals surface area contributed by atoms with Crippen LogP contribution >= 0.6 is 11.6 Å². The highest BCUT2D eigenvalue weighted by Gasteiger charge is 2.18. The molecular weight excluding hydrogens is 346 g/mol. The van der Waals surface area contributed by atoms with Crippen LogP contribution in [0.4, 0.5) is 11.5 Å². The number of anilines is 2. The standard InChI is InChI=1S/C20H26ClN5/c21-16-4-3-5-17(14-16)26-12-10-25(11-13-26)9-8-22-20-18-6-1-2-7-19(18)23-15-24-20/h3-5,14-15H,1-2,6-13H2,(H,22,23,24). The molecule has 1 fully saturated rings. The molecule has 1 aliphatic heterocycles. The second-order valence-corrected chi connectivity index (χ2v) is 7.53. The maximum Gasteiger partial charge on any atom is 0.132 e. The first-order valence-electron chi connectivity index (χ1n) is 9.59. The van der Waals surface area contributed by atoms with Gasteiger partial charge < -0.3 is 10.2 Å². The normalized spacial score (nSPS) is 17.8. The number of aromatic nitrogens is 2. The zero-order valence-corrected chi connectivity index (χ0v) is 15.9. The Hall–Kier alpha value is -1.85. The predicted molar refractivity (Wildman–Crippen MR) is 107 cm³/mol. The number of rotatable bonds is 5. The van der Waals surface area contributed by atoms with Gasteiger partial charge in [-0.1, -0.05) is 17.7 Å². The van der Waals surface area contributed by atoms with Crippen LogP contribution in [0.5, 0.6) is 0 Å². The molecule has 5 nitrogen and oxygen atoms in total. The largest absolute Gasteiger partial charge is 0.369 e. The quantitative estimate of drug-likeness (QED) is 0.874. The van der Waals surface area contributed by atoms with E-state index in [2.05, 4.69) is 37.2 Å². The molecule has 2 heterocycles. The van der Waals surface area contributed by atoms with Crippen molar-refractivity contribution in [1.29, 1.82) is 0 Å². The maximum atomic E-state index is 6.11. The van der Waals surface area contributed by atoms with E-state index in [0.717, 1.165) is 63.0 Å². The van der Waals surface area contributed by atoms with Gasteiger partial charge in [0.2, 0.25) is 0 Å². The van der Waals surface area contributed by atoms with Crippen LogP contribution in [0.3, 0.4) is 0 Å².